The maximum absolute atomic E-state index is 13.9. The number of carbonyl (C=O) groups excluding carboxylic acids is 2. The normalized spacial score (nSPS) is 12.2. The van der Waals surface area contributed by atoms with Crippen LogP contribution in [0.4, 0.5) is 5.69 Å². The maximum atomic E-state index is 13.9. The highest BCUT2D eigenvalue weighted by Gasteiger charge is 2.33. The lowest BCUT2D eigenvalue weighted by Gasteiger charge is -2.32. The lowest BCUT2D eigenvalue weighted by molar-refractivity contribution is -0.138. The summed E-state index contributed by atoms with van der Waals surface area (Å²) < 4.78 is 28.8. The number of aryl methyl sites for hydroxylation is 1. The van der Waals surface area contributed by atoms with E-state index in [0.29, 0.717) is 13.0 Å². The van der Waals surface area contributed by atoms with Gasteiger partial charge in [0.1, 0.15) is 12.6 Å². The van der Waals surface area contributed by atoms with Gasteiger partial charge in [-0.25, -0.2) is 8.42 Å². The van der Waals surface area contributed by atoms with Crippen LogP contribution in [0, 0.1) is 12.8 Å². The third-order valence-electron chi connectivity index (χ3n) is 6.40. The van der Waals surface area contributed by atoms with Crippen molar-refractivity contribution in [1.29, 1.82) is 0 Å². The second kappa shape index (κ2) is 14.0. The first kappa shape index (κ1) is 31.5. The number of amides is 2. The molecular formula is C30H35Cl2N3O4S. The molecule has 0 saturated carbocycles. The van der Waals surface area contributed by atoms with Crippen molar-refractivity contribution in [1.82, 2.24) is 10.2 Å². The molecule has 40 heavy (non-hydrogen) atoms. The van der Waals surface area contributed by atoms with Crippen molar-refractivity contribution in [2.24, 2.45) is 5.92 Å². The fraction of sp³-hybridized carbons (Fsp3) is 0.333. The van der Waals surface area contributed by atoms with Gasteiger partial charge in [-0.2, -0.15) is 0 Å². The highest BCUT2D eigenvalue weighted by molar-refractivity contribution is 7.92. The SMILES string of the molecule is Cc1ccc(S(=O)(=O)N(CC(=O)N(CCc2ccccc2)[C@H](C)C(=O)NCC(C)C)c2cc(Cl)ccc2Cl)cc1. The molecule has 0 saturated heterocycles. The number of carbonyl (C=O) groups is 2. The Morgan fingerprint density at radius 3 is 2.20 bits per heavy atom. The molecule has 1 N–H and O–H groups in total. The molecule has 0 spiro atoms. The first-order valence-corrected chi connectivity index (χ1v) is 15.2. The van der Waals surface area contributed by atoms with Gasteiger partial charge in [0.15, 0.2) is 0 Å². The van der Waals surface area contributed by atoms with E-state index in [1.54, 1.807) is 25.1 Å². The predicted molar refractivity (Wildman–Crippen MR) is 161 cm³/mol. The van der Waals surface area contributed by atoms with Crippen molar-refractivity contribution in [3.8, 4) is 0 Å². The molecule has 0 aromatic heterocycles. The molecule has 3 aromatic rings. The van der Waals surface area contributed by atoms with Crippen LogP contribution in [0.25, 0.3) is 0 Å². The molecule has 214 valence electrons. The van der Waals surface area contributed by atoms with Crippen molar-refractivity contribution < 1.29 is 18.0 Å². The molecule has 10 heteroatoms. The van der Waals surface area contributed by atoms with Gasteiger partial charge in [0.05, 0.1) is 15.6 Å². The summed E-state index contributed by atoms with van der Waals surface area (Å²) in [7, 11) is -4.23. The van der Waals surface area contributed by atoms with Crippen LogP contribution in [0.5, 0.6) is 0 Å². The molecule has 3 aromatic carbocycles. The second-order valence-corrected chi connectivity index (χ2v) is 12.8. The van der Waals surface area contributed by atoms with Crippen LogP contribution in [-0.2, 0) is 26.0 Å². The smallest absolute Gasteiger partial charge is 0.264 e. The van der Waals surface area contributed by atoms with E-state index >= 15 is 0 Å². The fourth-order valence-corrected chi connectivity index (χ4v) is 5.91. The van der Waals surface area contributed by atoms with E-state index < -0.39 is 28.5 Å². The van der Waals surface area contributed by atoms with Crippen LogP contribution in [0.15, 0.2) is 77.7 Å². The third kappa shape index (κ3) is 8.22. The zero-order chi connectivity index (χ0) is 29.4. The van der Waals surface area contributed by atoms with Gasteiger partial charge in [-0.05, 0) is 62.1 Å². The van der Waals surface area contributed by atoms with Crippen LogP contribution in [0.3, 0.4) is 0 Å². The standard InChI is InChI=1S/C30H35Cl2N3O4S/c1-21(2)19-33-30(37)23(4)34(17-16-24-8-6-5-7-9-24)29(36)20-35(28-18-25(31)12-15-27(28)32)40(38,39)26-13-10-22(3)11-14-26/h5-15,18,21,23H,16-17,19-20H2,1-4H3,(H,33,37)/t23-/m1/s1. The number of nitrogens with one attached hydrogen (secondary N) is 1. The summed E-state index contributed by atoms with van der Waals surface area (Å²) in [5.41, 5.74) is 1.94. The topological polar surface area (TPSA) is 86.8 Å². The van der Waals surface area contributed by atoms with Gasteiger partial charge in [-0.3, -0.25) is 13.9 Å². The van der Waals surface area contributed by atoms with E-state index in [0.717, 1.165) is 15.4 Å². The summed E-state index contributed by atoms with van der Waals surface area (Å²) in [6, 6.07) is 19.5. The Labute approximate surface area is 247 Å². The van der Waals surface area contributed by atoms with E-state index in [1.165, 1.54) is 29.2 Å². The van der Waals surface area contributed by atoms with E-state index in [2.05, 4.69) is 5.32 Å². The van der Waals surface area contributed by atoms with Crippen LogP contribution < -0.4 is 9.62 Å². The minimum atomic E-state index is -4.23. The van der Waals surface area contributed by atoms with Gasteiger partial charge in [0.2, 0.25) is 11.8 Å². The second-order valence-electron chi connectivity index (χ2n) is 10.1. The molecule has 1 atom stereocenters. The van der Waals surface area contributed by atoms with Crippen molar-refractivity contribution in [3.05, 3.63) is 94.0 Å². The van der Waals surface area contributed by atoms with Crippen molar-refractivity contribution in [2.75, 3.05) is 23.9 Å². The minimum absolute atomic E-state index is 0.000465. The van der Waals surface area contributed by atoms with Gasteiger partial charge in [0, 0.05) is 18.1 Å². The number of halogens is 2. The summed E-state index contributed by atoms with van der Waals surface area (Å²) in [6.45, 7) is 7.53. The Morgan fingerprint density at radius 1 is 0.925 bits per heavy atom. The van der Waals surface area contributed by atoms with Crippen molar-refractivity contribution in [3.63, 3.8) is 0 Å². The molecule has 0 bridgehead atoms. The Morgan fingerprint density at radius 2 is 1.57 bits per heavy atom. The summed E-state index contributed by atoms with van der Waals surface area (Å²) in [6.07, 6.45) is 0.483. The summed E-state index contributed by atoms with van der Waals surface area (Å²) in [4.78, 5) is 28.4. The first-order chi connectivity index (χ1) is 18.9. The summed E-state index contributed by atoms with van der Waals surface area (Å²) in [5, 5.41) is 3.25. The van der Waals surface area contributed by atoms with Crippen LogP contribution in [-0.4, -0.2) is 50.8 Å². The fourth-order valence-electron chi connectivity index (χ4n) is 4.05. The van der Waals surface area contributed by atoms with E-state index in [9.17, 15) is 18.0 Å². The average molecular weight is 605 g/mol. The Kier molecular flexibility index (Phi) is 11.0. The summed E-state index contributed by atoms with van der Waals surface area (Å²) >= 11 is 12.7. The largest absolute Gasteiger partial charge is 0.354 e. The molecule has 0 aliphatic rings. The van der Waals surface area contributed by atoms with E-state index in [1.807, 2.05) is 51.1 Å². The van der Waals surface area contributed by atoms with Gasteiger partial charge >= 0.3 is 0 Å². The molecule has 0 fully saturated rings. The molecule has 0 radical (unpaired) electrons. The number of nitrogens with zero attached hydrogens (tertiary/aromatic N) is 2. The Balaban J connectivity index is 2.00. The zero-order valence-corrected chi connectivity index (χ0v) is 25.4. The number of hydrogen-bond donors (Lipinski definition) is 1. The molecule has 7 nitrogen and oxygen atoms in total. The quantitative estimate of drug-likeness (QED) is 0.286. The average Bonchev–Trinajstić information content (AvgIpc) is 2.92. The van der Waals surface area contributed by atoms with Crippen LogP contribution in [0.2, 0.25) is 10.0 Å². The van der Waals surface area contributed by atoms with E-state index in [4.69, 9.17) is 23.2 Å². The predicted octanol–water partition coefficient (Wildman–Crippen LogP) is 5.73. The van der Waals surface area contributed by atoms with Gasteiger partial charge in [0.25, 0.3) is 10.0 Å². The van der Waals surface area contributed by atoms with Crippen molar-refractivity contribution in [2.45, 2.75) is 45.1 Å². The Hall–Kier alpha value is -3.07. The molecule has 0 unspecified atom stereocenters. The zero-order valence-electron chi connectivity index (χ0n) is 23.1. The van der Waals surface area contributed by atoms with Gasteiger partial charge in [-0.15, -0.1) is 0 Å². The van der Waals surface area contributed by atoms with Crippen LogP contribution >= 0.6 is 23.2 Å². The van der Waals surface area contributed by atoms with Crippen LogP contribution in [0.1, 0.15) is 31.9 Å². The summed E-state index contributed by atoms with van der Waals surface area (Å²) in [5.74, 6) is -0.636. The van der Waals surface area contributed by atoms with Gasteiger partial charge in [-0.1, -0.05) is 85.1 Å². The molecule has 0 aliphatic heterocycles. The minimum Gasteiger partial charge on any atom is -0.354 e. The molecule has 0 heterocycles. The number of rotatable bonds is 12. The number of anilines is 1. The maximum Gasteiger partial charge on any atom is 0.264 e. The van der Waals surface area contributed by atoms with Crippen molar-refractivity contribution >= 4 is 50.7 Å². The highest BCUT2D eigenvalue weighted by atomic mass is 35.5. The third-order valence-corrected chi connectivity index (χ3v) is 8.73. The molecule has 2 amide bonds. The highest BCUT2D eigenvalue weighted by Crippen LogP contribution is 2.33. The molecule has 3 rings (SSSR count). The van der Waals surface area contributed by atoms with E-state index in [-0.39, 0.29) is 39.0 Å². The number of benzene rings is 3. The molecular weight excluding hydrogens is 569 g/mol. The first-order valence-electron chi connectivity index (χ1n) is 13.1. The number of sulfonamides is 1. The molecule has 0 aliphatic carbocycles. The Bertz CT molecular complexity index is 1410. The lowest BCUT2D eigenvalue weighted by Crippen LogP contribution is -2.52. The lowest BCUT2D eigenvalue weighted by atomic mass is 10.1. The van der Waals surface area contributed by atoms with Gasteiger partial charge < -0.3 is 10.2 Å². The number of hydrogen-bond acceptors (Lipinski definition) is 4. The monoisotopic (exact) mass is 603 g/mol.